The number of thiazole rings is 1. The van der Waals surface area contributed by atoms with Crippen LogP contribution in [-0.2, 0) is 4.74 Å². The fraction of sp³-hybridized carbons (Fsp3) is 0.0370. The molecule has 0 aliphatic rings. The minimum absolute atomic E-state index is 0.247. The first-order chi connectivity index (χ1) is 17.1. The van der Waals surface area contributed by atoms with Gasteiger partial charge >= 0.3 is 11.6 Å². The standard InChI is InChI=1S/C27H17N3O4S/c1-33-26(31)19-8-4-5-9-22(19)29-14-17(13-28)25-30-23(15-35-25)21-12-20-18-7-3-2-6-16(18)10-11-24(20)34-27(21)32/h2-12,14-15,29H,1H3/b17-14-. The van der Waals surface area contributed by atoms with Gasteiger partial charge in [-0.05, 0) is 35.0 Å². The Bertz CT molecular complexity index is 1730. The third-order valence-corrected chi connectivity index (χ3v) is 6.35. The van der Waals surface area contributed by atoms with E-state index in [0.29, 0.717) is 33.1 Å². The van der Waals surface area contributed by atoms with Gasteiger partial charge in [0.25, 0.3) is 0 Å². The van der Waals surface area contributed by atoms with Crippen molar-refractivity contribution in [2.45, 2.75) is 0 Å². The molecule has 1 N–H and O–H groups in total. The lowest BCUT2D eigenvalue weighted by Crippen LogP contribution is -2.05. The number of carbonyl (C=O) groups excluding carboxylic acids is 1. The number of rotatable bonds is 5. The number of methoxy groups -OCH3 is 1. The Hall–Kier alpha value is -4.74. The number of ether oxygens (including phenoxy) is 1. The van der Waals surface area contributed by atoms with E-state index >= 15 is 0 Å². The van der Waals surface area contributed by atoms with E-state index < -0.39 is 11.6 Å². The van der Waals surface area contributed by atoms with E-state index in [9.17, 15) is 14.9 Å². The molecule has 8 heteroatoms. The molecule has 2 aromatic heterocycles. The number of fused-ring (bicyclic) bond motifs is 3. The van der Waals surface area contributed by atoms with Gasteiger partial charge in [0.1, 0.15) is 22.2 Å². The molecular formula is C27H17N3O4S. The zero-order valence-electron chi connectivity index (χ0n) is 18.4. The highest BCUT2D eigenvalue weighted by Crippen LogP contribution is 2.30. The quantitative estimate of drug-likeness (QED) is 0.146. The molecule has 5 aromatic rings. The van der Waals surface area contributed by atoms with E-state index in [2.05, 4.69) is 16.4 Å². The minimum Gasteiger partial charge on any atom is -0.465 e. The third kappa shape index (κ3) is 4.16. The van der Waals surface area contributed by atoms with Crippen molar-refractivity contribution in [3.63, 3.8) is 0 Å². The number of anilines is 1. The Balaban J connectivity index is 1.52. The number of aromatic nitrogens is 1. The molecule has 0 amide bonds. The Morgan fingerprint density at radius 2 is 1.91 bits per heavy atom. The van der Waals surface area contributed by atoms with Gasteiger partial charge in [0.15, 0.2) is 0 Å². The Morgan fingerprint density at radius 1 is 1.11 bits per heavy atom. The van der Waals surface area contributed by atoms with E-state index in [1.54, 1.807) is 41.8 Å². The van der Waals surface area contributed by atoms with Crippen LogP contribution in [0.3, 0.4) is 0 Å². The summed E-state index contributed by atoms with van der Waals surface area (Å²) in [6, 6.07) is 22.3. The predicted octanol–water partition coefficient (Wildman–Crippen LogP) is 5.83. The molecule has 0 fully saturated rings. The lowest BCUT2D eigenvalue weighted by molar-refractivity contribution is 0.0602. The molecule has 0 unspecified atom stereocenters. The summed E-state index contributed by atoms with van der Waals surface area (Å²) in [6.07, 6.45) is 1.47. The SMILES string of the molecule is COC(=O)c1ccccc1N/C=C(/C#N)c1nc(-c2cc3c(ccc4ccccc43)oc2=O)cs1. The zero-order chi connectivity index (χ0) is 24.4. The van der Waals surface area contributed by atoms with E-state index in [1.165, 1.54) is 24.6 Å². The third-order valence-electron chi connectivity index (χ3n) is 5.48. The number of para-hydroxylation sites is 1. The molecular weight excluding hydrogens is 462 g/mol. The van der Waals surface area contributed by atoms with Crippen molar-refractivity contribution in [2.24, 2.45) is 0 Å². The second-order valence-electron chi connectivity index (χ2n) is 7.54. The molecule has 0 bridgehead atoms. The van der Waals surface area contributed by atoms with Gasteiger partial charge in [0, 0.05) is 17.0 Å². The van der Waals surface area contributed by atoms with Crippen molar-refractivity contribution in [1.82, 2.24) is 4.98 Å². The van der Waals surface area contributed by atoms with Crippen molar-refractivity contribution in [1.29, 1.82) is 5.26 Å². The lowest BCUT2D eigenvalue weighted by atomic mass is 10.0. The maximum atomic E-state index is 12.7. The number of allylic oxidation sites excluding steroid dienone is 1. The Morgan fingerprint density at radius 3 is 2.74 bits per heavy atom. The number of esters is 1. The van der Waals surface area contributed by atoms with Gasteiger partial charge in [-0.15, -0.1) is 11.3 Å². The van der Waals surface area contributed by atoms with E-state index in [-0.39, 0.29) is 5.57 Å². The highest BCUT2D eigenvalue weighted by atomic mass is 32.1. The van der Waals surface area contributed by atoms with Gasteiger partial charge in [-0.25, -0.2) is 14.6 Å². The summed E-state index contributed by atoms with van der Waals surface area (Å²) in [6.45, 7) is 0. The van der Waals surface area contributed by atoms with E-state index in [0.717, 1.165) is 16.2 Å². The van der Waals surface area contributed by atoms with Gasteiger partial charge in [-0.3, -0.25) is 0 Å². The molecule has 0 spiro atoms. The highest BCUT2D eigenvalue weighted by Gasteiger charge is 2.16. The molecule has 2 heterocycles. The van der Waals surface area contributed by atoms with E-state index in [1.807, 2.05) is 30.3 Å². The summed E-state index contributed by atoms with van der Waals surface area (Å²) >= 11 is 1.23. The van der Waals surface area contributed by atoms with Crippen LogP contribution < -0.4 is 10.9 Å². The van der Waals surface area contributed by atoms with Crippen LogP contribution in [-0.4, -0.2) is 18.1 Å². The summed E-state index contributed by atoms with van der Waals surface area (Å²) in [4.78, 5) is 29.2. The first kappa shape index (κ1) is 22.1. The van der Waals surface area contributed by atoms with Crippen molar-refractivity contribution in [3.8, 4) is 17.3 Å². The molecule has 3 aromatic carbocycles. The van der Waals surface area contributed by atoms with Crippen molar-refractivity contribution in [2.75, 3.05) is 12.4 Å². The van der Waals surface area contributed by atoms with Crippen molar-refractivity contribution >= 4 is 50.3 Å². The minimum atomic E-state index is -0.503. The summed E-state index contributed by atoms with van der Waals surface area (Å²) in [5, 5.41) is 17.6. The molecule has 7 nitrogen and oxygen atoms in total. The van der Waals surface area contributed by atoms with Crippen LogP contribution >= 0.6 is 11.3 Å². The van der Waals surface area contributed by atoms with Crippen LogP contribution in [0.15, 0.2) is 87.5 Å². The van der Waals surface area contributed by atoms with Gasteiger partial charge in [0.05, 0.1) is 29.6 Å². The molecule has 0 aliphatic carbocycles. The fourth-order valence-corrected chi connectivity index (χ4v) is 4.55. The highest BCUT2D eigenvalue weighted by molar-refractivity contribution is 7.11. The summed E-state index contributed by atoms with van der Waals surface area (Å²) in [5.74, 6) is -0.493. The van der Waals surface area contributed by atoms with Crippen LogP contribution in [0.5, 0.6) is 0 Å². The lowest BCUT2D eigenvalue weighted by Gasteiger charge is -2.07. The van der Waals surface area contributed by atoms with Crippen molar-refractivity contribution < 1.29 is 13.9 Å². The van der Waals surface area contributed by atoms with Crippen LogP contribution in [0.1, 0.15) is 15.4 Å². The fourth-order valence-electron chi connectivity index (χ4n) is 3.76. The van der Waals surface area contributed by atoms with Gasteiger partial charge in [-0.2, -0.15) is 5.26 Å². The maximum absolute atomic E-state index is 12.7. The topological polar surface area (TPSA) is 105 Å². The number of hydrogen-bond donors (Lipinski definition) is 1. The van der Waals surface area contributed by atoms with Gasteiger partial charge < -0.3 is 14.5 Å². The largest absolute Gasteiger partial charge is 0.465 e. The van der Waals surface area contributed by atoms with Crippen LogP contribution in [0.25, 0.3) is 38.6 Å². The summed E-state index contributed by atoms with van der Waals surface area (Å²) in [5.41, 5.74) is 1.81. The maximum Gasteiger partial charge on any atom is 0.345 e. The molecule has 170 valence electrons. The monoisotopic (exact) mass is 479 g/mol. The number of carbonyl (C=O) groups is 1. The summed E-state index contributed by atoms with van der Waals surface area (Å²) < 4.78 is 10.4. The Kier molecular flexibility index (Phi) is 5.83. The second kappa shape index (κ2) is 9.25. The number of nitrogens with zero attached hydrogens (tertiary/aromatic N) is 2. The molecule has 0 saturated heterocycles. The molecule has 5 rings (SSSR count). The Labute approximate surface area is 203 Å². The number of hydrogen-bond acceptors (Lipinski definition) is 8. The molecule has 0 atom stereocenters. The van der Waals surface area contributed by atoms with Crippen LogP contribution in [0, 0.1) is 11.3 Å². The first-order valence-electron chi connectivity index (χ1n) is 10.5. The number of nitriles is 1. The average molecular weight is 480 g/mol. The number of benzene rings is 3. The van der Waals surface area contributed by atoms with Gasteiger partial charge in [0.2, 0.25) is 0 Å². The zero-order valence-corrected chi connectivity index (χ0v) is 19.3. The molecule has 0 aliphatic heterocycles. The van der Waals surface area contributed by atoms with Crippen LogP contribution in [0.2, 0.25) is 0 Å². The smallest absolute Gasteiger partial charge is 0.345 e. The van der Waals surface area contributed by atoms with Crippen LogP contribution in [0.4, 0.5) is 5.69 Å². The molecule has 35 heavy (non-hydrogen) atoms. The van der Waals surface area contributed by atoms with Gasteiger partial charge in [-0.1, -0.05) is 42.5 Å². The first-order valence-corrected chi connectivity index (χ1v) is 11.4. The average Bonchev–Trinajstić information content (AvgIpc) is 3.38. The predicted molar refractivity (Wildman–Crippen MR) is 136 cm³/mol. The second-order valence-corrected chi connectivity index (χ2v) is 8.39. The normalized spacial score (nSPS) is 11.4. The molecule has 0 radical (unpaired) electrons. The molecule has 0 saturated carbocycles. The van der Waals surface area contributed by atoms with E-state index in [4.69, 9.17) is 9.15 Å². The number of nitrogens with one attached hydrogen (secondary N) is 1. The van der Waals surface area contributed by atoms with Crippen molar-refractivity contribution in [3.05, 3.63) is 99.3 Å². The summed E-state index contributed by atoms with van der Waals surface area (Å²) in [7, 11) is 1.30.